The molecule has 0 saturated carbocycles. The summed E-state index contributed by atoms with van der Waals surface area (Å²) in [4.78, 5) is 6.64. The minimum Gasteiger partial charge on any atom is -0.373 e. The van der Waals surface area contributed by atoms with E-state index in [2.05, 4.69) is 35.9 Å². The molecule has 0 bridgehead atoms. The molecule has 1 fully saturated rings. The molecular formula is C13H21N3O. The van der Waals surface area contributed by atoms with E-state index in [0.29, 0.717) is 18.8 Å². The van der Waals surface area contributed by atoms with Gasteiger partial charge < -0.3 is 10.5 Å². The Balaban J connectivity index is 1.99. The van der Waals surface area contributed by atoms with E-state index in [-0.39, 0.29) is 0 Å². The molecule has 4 heteroatoms. The lowest BCUT2D eigenvalue weighted by Gasteiger charge is -2.35. The minimum atomic E-state index is 0.314. The fourth-order valence-electron chi connectivity index (χ4n) is 2.41. The summed E-state index contributed by atoms with van der Waals surface area (Å²) in [5.74, 6) is 0. The molecule has 0 unspecified atom stereocenters. The predicted molar refractivity (Wildman–Crippen MR) is 67.4 cm³/mol. The van der Waals surface area contributed by atoms with Crippen LogP contribution < -0.4 is 5.73 Å². The summed E-state index contributed by atoms with van der Waals surface area (Å²) in [7, 11) is 0. The highest BCUT2D eigenvalue weighted by atomic mass is 16.5. The van der Waals surface area contributed by atoms with Crippen molar-refractivity contribution < 1.29 is 4.74 Å². The number of pyridine rings is 1. The van der Waals surface area contributed by atoms with Gasteiger partial charge in [0.05, 0.1) is 17.9 Å². The maximum absolute atomic E-state index is 5.72. The smallest absolute Gasteiger partial charge is 0.0678 e. The molecule has 1 aromatic heterocycles. The lowest BCUT2D eigenvalue weighted by molar-refractivity contribution is -0.0704. The Morgan fingerprint density at radius 2 is 2.12 bits per heavy atom. The molecule has 2 atom stereocenters. The van der Waals surface area contributed by atoms with Gasteiger partial charge in [-0.05, 0) is 31.5 Å². The van der Waals surface area contributed by atoms with Crippen molar-refractivity contribution in [2.45, 2.75) is 39.1 Å². The van der Waals surface area contributed by atoms with Crippen molar-refractivity contribution in [2.75, 3.05) is 13.1 Å². The number of ether oxygens (including phenoxy) is 1. The van der Waals surface area contributed by atoms with Crippen LogP contribution in [0.15, 0.2) is 18.3 Å². The van der Waals surface area contributed by atoms with Gasteiger partial charge in [-0.25, -0.2) is 0 Å². The highest BCUT2D eigenvalue weighted by molar-refractivity contribution is 5.16. The number of nitrogens with two attached hydrogens (primary N) is 1. The van der Waals surface area contributed by atoms with Crippen LogP contribution in [0, 0.1) is 0 Å². The van der Waals surface area contributed by atoms with Crippen LogP contribution in [0.1, 0.15) is 25.1 Å². The number of morpholine rings is 1. The highest BCUT2D eigenvalue weighted by Crippen LogP contribution is 2.14. The van der Waals surface area contributed by atoms with Crippen molar-refractivity contribution in [3.63, 3.8) is 0 Å². The topological polar surface area (TPSA) is 51.4 Å². The van der Waals surface area contributed by atoms with Gasteiger partial charge in [0.25, 0.3) is 0 Å². The third-order valence-corrected chi connectivity index (χ3v) is 2.99. The molecular weight excluding hydrogens is 214 g/mol. The molecule has 2 rings (SSSR count). The first-order valence-electron chi connectivity index (χ1n) is 6.19. The molecule has 0 amide bonds. The second-order valence-electron chi connectivity index (χ2n) is 4.81. The first-order chi connectivity index (χ1) is 8.17. The van der Waals surface area contributed by atoms with Crippen molar-refractivity contribution in [3.8, 4) is 0 Å². The Hall–Kier alpha value is -0.970. The lowest BCUT2D eigenvalue weighted by Crippen LogP contribution is -2.44. The van der Waals surface area contributed by atoms with Crippen LogP contribution in [-0.4, -0.2) is 35.2 Å². The van der Waals surface area contributed by atoms with Gasteiger partial charge in [0.15, 0.2) is 0 Å². The summed E-state index contributed by atoms with van der Waals surface area (Å²) in [6.07, 6.45) is 2.47. The van der Waals surface area contributed by atoms with Crippen molar-refractivity contribution in [1.29, 1.82) is 0 Å². The number of hydrogen-bond donors (Lipinski definition) is 1. The summed E-state index contributed by atoms with van der Waals surface area (Å²) in [5, 5.41) is 0. The molecule has 1 saturated heterocycles. The van der Waals surface area contributed by atoms with Crippen LogP contribution in [0.4, 0.5) is 0 Å². The molecule has 1 aliphatic heterocycles. The Bertz CT molecular complexity index is 359. The van der Waals surface area contributed by atoms with E-state index in [1.807, 2.05) is 6.20 Å². The third-order valence-electron chi connectivity index (χ3n) is 2.99. The maximum atomic E-state index is 5.72. The maximum Gasteiger partial charge on any atom is 0.0678 e. The van der Waals surface area contributed by atoms with Crippen LogP contribution in [0.25, 0.3) is 0 Å². The van der Waals surface area contributed by atoms with Gasteiger partial charge in [0.2, 0.25) is 0 Å². The van der Waals surface area contributed by atoms with Crippen molar-refractivity contribution >= 4 is 0 Å². The van der Waals surface area contributed by atoms with Gasteiger partial charge in [0, 0.05) is 32.4 Å². The van der Waals surface area contributed by atoms with Gasteiger partial charge in [0.1, 0.15) is 0 Å². The normalized spacial score (nSPS) is 26.1. The van der Waals surface area contributed by atoms with Gasteiger partial charge in [-0.15, -0.1) is 0 Å². The largest absolute Gasteiger partial charge is 0.373 e. The molecule has 0 radical (unpaired) electrons. The SMILES string of the molecule is C[C@@H]1CN(Cc2ccnc(CN)c2)C[C@H](C)O1. The fraction of sp³-hybridized carbons (Fsp3) is 0.615. The first kappa shape index (κ1) is 12.5. The molecule has 94 valence electrons. The van der Waals surface area contributed by atoms with E-state index in [1.54, 1.807) is 0 Å². The molecule has 1 aliphatic rings. The number of nitrogens with zero attached hydrogens (tertiary/aromatic N) is 2. The van der Waals surface area contributed by atoms with Gasteiger partial charge in [-0.3, -0.25) is 9.88 Å². The lowest BCUT2D eigenvalue weighted by atomic mass is 10.1. The Morgan fingerprint density at radius 3 is 2.76 bits per heavy atom. The fourth-order valence-corrected chi connectivity index (χ4v) is 2.41. The zero-order valence-electron chi connectivity index (χ0n) is 10.6. The van der Waals surface area contributed by atoms with E-state index in [1.165, 1.54) is 5.56 Å². The van der Waals surface area contributed by atoms with E-state index in [4.69, 9.17) is 10.5 Å². The summed E-state index contributed by atoms with van der Waals surface area (Å²) in [5.41, 5.74) is 7.83. The molecule has 4 nitrogen and oxygen atoms in total. The summed E-state index contributed by atoms with van der Waals surface area (Å²) < 4.78 is 5.72. The van der Waals surface area contributed by atoms with Crippen LogP contribution in [0.2, 0.25) is 0 Å². The second kappa shape index (κ2) is 5.58. The molecule has 17 heavy (non-hydrogen) atoms. The monoisotopic (exact) mass is 235 g/mol. The Morgan fingerprint density at radius 1 is 1.41 bits per heavy atom. The Labute approximate surface area is 103 Å². The number of rotatable bonds is 3. The molecule has 2 N–H and O–H groups in total. The van der Waals surface area contributed by atoms with Crippen molar-refractivity contribution in [2.24, 2.45) is 5.73 Å². The van der Waals surface area contributed by atoms with E-state index in [0.717, 1.165) is 25.3 Å². The van der Waals surface area contributed by atoms with Crippen LogP contribution in [0.3, 0.4) is 0 Å². The highest BCUT2D eigenvalue weighted by Gasteiger charge is 2.21. The number of aromatic nitrogens is 1. The summed E-state index contributed by atoms with van der Waals surface area (Å²) in [6, 6.07) is 4.15. The van der Waals surface area contributed by atoms with E-state index >= 15 is 0 Å². The Kier molecular flexibility index (Phi) is 4.10. The molecule has 1 aromatic rings. The van der Waals surface area contributed by atoms with Crippen LogP contribution >= 0.6 is 0 Å². The minimum absolute atomic E-state index is 0.314. The standard InChI is InChI=1S/C13H21N3O/c1-10-7-16(8-11(2)17-10)9-12-3-4-15-13(5-12)6-14/h3-5,10-11H,6-9,14H2,1-2H3/t10-,11+. The summed E-state index contributed by atoms with van der Waals surface area (Å²) in [6.45, 7) is 7.69. The van der Waals surface area contributed by atoms with E-state index in [9.17, 15) is 0 Å². The average molecular weight is 235 g/mol. The summed E-state index contributed by atoms with van der Waals surface area (Å²) >= 11 is 0. The van der Waals surface area contributed by atoms with Gasteiger partial charge >= 0.3 is 0 Å². The van der Waals surface area contributed by atoms with Gasteiger partial charge in [-0.2, -0.15) is 0 Å². The molecule has 0 aromatic carbocycles. The first-order valence-corrected chi connectivity index (χ1v) is 6.19. The average Bonchev–Trinajstić information content (AvgIpc) is 2.28. The number of hydrogen-bond acceptors (Lipinski definition) is 4. The molecule has 2 heterocycles. The van der Waals surface area contributed by atoms with Gasteiger partial charge in [-0.1, -0.05) is 0 Å². The van der Waals surface area contributed by atoms with Crippen LogP contribution in [-0.2, 0) is 17.8 Å². The van der Waals surface area contributed by atoms with Crippen molar-refractivity contribution in [1.82, 2.24) is 9.88 Å². The second-order valence-corrected chi connectivity index (χ2v) is 4.81. The molecule has 0 spiro atoms. The predicted octanol–water partition coefficient (Wildman–Crippen LogP) is 1.15. The van der Waals surface area contributed by atoms with Crippen LogP contribution in [0.5, 0.6) is 0 Å². The van der Waals surface area contributed by atoms with E-state index < -0.39 is 0 Å². The zero-order chi connectivity index (χ0) is 12.3. The third kappa shape index (κ3) is 3.49. The van der Waals surface area contributed by atoms with Crippen molar-refractivity contribution in [3.05, 3.63) is 29.6 Å². The quantitative estimate of drug-likeness (QED) is 0.854. The zero-order valence-corrected chi connectivity index (χ0v) is 10.6. The molecule has 0 aliphatic carbocycles.